The van der Waals surface area contributed by atoms with Gasteiger partial charge in [-0.2, -0.15) is 0 Å². The van der Waals surface area contributed by atoms with Crippen molar-refractivity contribution >= 4 is 11.9 Å². The highest BCUT2D eigenvalue weighted by Crippen LogP contribution is 2.16. The number of rotatable bonds is 9. The molecule has 22 heavy (non-hydrogen) atoms. The molecule has 1 aromatic rings. The van der Waals surface area contributed by atoms with Gasteiger partial charge in [0.15, 0.2) is 0 Å². The summed E-state index contributed by atoms with van der Waals surface area (Å²) in [5, 5.41) is 8.91. The van der Waals surface area contributed by atoms with Crippen LogP contribution in [-0.2, 0) is 20.7 Å². The number of carbonyl (C=O) groups excluding carboxylic acids is 1. The zero-order valence-corrected chi connectivity index (χ0v) is 13.2. The van der Waals surface area contributed by atoms with Crippen molar-refractivity contribution in [2.24, 2.45) is 5.92 Å². The van der Waals surface area contributed by atoms with E-state index in [1.165, 1.54) is 12.0 Å². The highest BCUT2D eigenvalue weighted by Gasteiger charge is 2.22. The number of nitrogens with zero attached hydrogens (tertiary/aromatic N) is 1. The maximum Gasteiger partial charge on any atom is 0.323 e. The quantitative estimate of drug-likeness (QED) is 0.747. The van der Waals surface area contributed by atoms with E-state index in [-0.39, 0.29) is 24.9 Å². The SMILES string of the molecule is COCCN(CC(=O)O)C(=O)C(C)Cc1ccc(OC)cc1. The lowest BCUT2D eigenvalue weighted by atomic mass is 9.99. The first-order chi connectivity index (χ1) is 10.5. The summed E-state index contributed by atoms with van der Waals surface area (Å²) in [5.41, 5.74) is 1.00. The Morgan fingerprint density at radius 3 is 2.36 bits per heavy atom. The van der Waals surface area contributed by atoms with Crippen LogP contribution in [-0.4, -0.2) is 55.8 Å². The number of hydrogen-bond donors (Lipinski definition) is 1. The topological polar surface area (TPSA) is 76.1 Å². The van der Waals surface area contributed by atoms with Crippen molar-refractivity contribution < 1.29 is 24.2 Å². The molecule has 0 saturated heterocycles. The van der Waals surface area contributed by atoms with Gasteiger partial charge in [0, 0.05) is 19.6 Å². The molecule has 122 valence electrons. The van der Waals surface area contributed by atoms with Gasteiger partial charge in [0.25, 0.3) is 0 Å². The Balaban J connectivity index is 2.68. The summed E-state index contributed by atoms with van der Waals surface area (Å²) in [6.45, 7) is 2.08. The van der Waals surface area contributed by atoms with Crippen molar-refractivity contribution in [3.63, 3.8) is 0 Å². The van der Waals surface area contributed by atoms with Gasteiger partial charge in [-0.1, -0.05) is 19.1 Å². The van der Waals surface area contributed by atoms with Gasteiger partial charge < -0.3 is 19.5 Å². The number of benzene rings is 1. The predicted molar refractivity (Wildman–Crippen MR) is 82.0 cm³/mol. The molecule has 1 atom stereocenters. The monoisotopic (exact) mass is 309 g/mol. The van der Waals surface area contributed by atoms with Crippen LogP contribution in [0.15, 0.2) is 24.3 Å². The van der Waals surface area contributed by atoms with Crippen molar-refractivity contribution in [3.05, 3.63) is 29.8 Å². The van der Waals surface area contributed by atoms with E-state index in [0.717, 1.165) is 11.3 Å². The molecule has 0 fully saturated rings. The van der Waals surface area contributed by atoms with Crippen LogP contribution in [0.4, 0.5) is 0 Å². The van der Waals surface area contributed by atoms with Gasteiger partial charge in [0.05, 0.1) is 13.7 Å². The molecule has 1 rings (SSSR count). The van der Waals surface area contributed by atoms with E-state index < -0.39 is 5.97 Å². The minimum atomic E-state index is -1.03. The molecule has 0 radical (unpaired) electrons. The van der Waals surface area contributed by atoms with Crippen LogP contribution >= 0.6 is 0 Å². The number of carboxylic acids is 1. The molecule has 0 heterocycles. The standard InChI is InChI=1S/C16H23NO5/c1-12(10-13-4-6-14(22-3)7-5-13)16(20)17(8-9-21-2)11-15(18)19/h4-7,12H,8-11H2,1-3H3,(H,18,19). The second kappa shape index (κ2) is 9.04. The van der Waals surface area contributed by atoms with Crippen molar-refractivity contribution in [2.75, 3.05) is 33.9 Å². The molecular weight excluding hydrogens is 286 g/mol. The maximum absolute atomic E-state index is 12.4. The molecule has 1 unspecified atom stereocenters. The fraction of sp³-hybridized carbons (Fsp3) is 0.500. The fourth-order valence-electron chi connectivity index (χ4n) is 2.15. The molecule has 0 aliphatic carbocycles. The molecule has 1 aromatic carbocycles. The highest BCUT2D eigenvalue weighted by molar-refractivity contribution is 5.83. The molecule has 0 saturated carbocycles. The molecule has 1 amide bonds. The number of hydrogen-bond acceptors (Lipinski definition) is 4. The van der Waals surface area contributed by atoms with Crippen LogP contribution in [0.25, 0.3) is 0 Å². The summed E-state index contributed by atoms with van der Waals surface area (Å²) in [7, 11) is 3.12. The summed E-state index contributed by atoms with van der Waals surface area (Å²) in [4.78, 5) is 24.6. The van der Waals surface area contributed by atoms with Crippen molar-refractivity contribution in [1.29, 1.82) is 0 Å². The fourth-order valence-corrected chi connectivity index (χ4v) is 2.15. The third kappa shape index (κ3) is 5.73. The van der Waals surface area contributed by atoms with Crippen LogP contribution in [0.1, 0.15) is 12.5 Å². The molecule has 6 heteroatoms. The number of carboxylic acid groups (broad SMARTS) is 1. The number of carbonyl (C=O) groups is 2. The molecule has 0 aromatic heterocycles. The number of ether oxygens (including phenoxy) is 2. The Morgan fingerprint density at radius 2 is 1.86 bits per heavy atom. The third-order valence-electron chi connectivity index (χ3n) is 3.33. The smallest absolute Gasteiger partial charge is 0.323 e. The molecule has 6 nitrogen and oxygen atoms in total. The zero-order chi connectivity index (χ0) is 16.5. The summed E-state index contributed by atoms with van der Waals surface area (Å²) in [6.07, 6.45) is 0.548. The molecule has 0 aliphatic heterocycles. The summed E-state index contributed by atoms with van der Waals surface area (Å²) >= 11 is 0. The third-order valence-corrected chi connectivity index (χ3v) is 3.33. The van der Waals surface area contributed by atoms with Gasteiger partial charge in [-0.05, 0) is 24.1 Å². The lowest BCUT2D eigenvalue weighted by molar-refractivity contribution is -0.146. The van der Waals surface area contributed by atoms with Gasteiger partial charge in [-0.3, -0.25) is 9.59 Å². The Kier molecular flexibility index (Phi) is 7.39. The zero-order valence-electron chi connectivity index (χ0n) is 13.2. The minimum Gasteiger partial charge on any atom is -0.497 e. The van der Waals surface area contributed by atoms with Crippen LogP contribution in [0.2, 0.25) is 0 Å². The summed E-state index contributed by atoms with van der Waals surface area (Å²) < 4.78 is 10.0. The minimum absolute atomic E-state index is 0.185. The van der Waals surface area contributed by atoms with Crippen molar-refractivity contribution in [1.82, 2.24) is 4.90 Å². The van der Waals surface area contributed by atoms with E-state index in [1.807, 2.05) is 24.3 Å². The first-order valence-electron chi connectivity index (χ1n) is 7.10. The van der Waals surface area contributed by atoms with Crippen molar-refractivity contribution in [2.45, 2.75) is 13.3 Å². The second-order valence-corrected chi connectivity index (χ2v) is 5.10. The average molecular weight is 309 g/mol. The molecule has 0 bridgehead atoms. The van der Waals surface area contributed by atoms with E-state index in [9.17, 15) is 9.59 Å². The van der Waals surface area contributed by atoms with E-state index in [1.54, 1.807) is 14.0 Å². The Hall–Kier alpha value is -2.08. The van der Waals surface area contributed by atoms with Crippen molar-refractivity contribution in [3.8, 4) is 5.75 Å². The van der Waals surface area contributed by atoms with Gasteiger partial charge in [-0.25, -0.2) is 0 Å². The molecular formula is C16H23NO5. The number of aliphatic carboxylic acids is 1. The summed E-state index contributed by atoms with van der Waals surface area (Å²) in [6, 6.07) is 7.48. The molecule has 0 aliphatic rings. The molecule has 1 N–H and O–H groups in total. The Bertz CT molecular complexity index is 486. The van der Waals surface area contributed by atoms with E-state index in [4.69, 9.17) is 14.6 Å². The normalized spacial score (nSPS) is 11.8. The van der Waals surface area contributed by atoms with Crippen LogP contribution < -0.4 is 4.74 Å². The first kappa shape index (κ1) is 18.0. The van der Waals surface area contributed by atoms with Crippen LogP contribution in [0.5, 0.6) is 5.75 Å². The van der Waals surface area contributed by atoms with Gasteiger partial charge >= 0.3 is 5.97 Å². The van der Waals surface area contributed by atoms with E-state index in [0.29, 0.717) is 13.0 Å². The van der Waals surface area contributed by atoms with Gasteiger partial charge in [0.2, 0.25) is 5.91 Å². The first-order valence-corrected chi connectivity index (χ1v) is 7.10. The highest BCUT2D eigenvalue weighted by atomic mass is 16.5. The van der Waals surface area contributed by atoms with E-state index in [2.05, 4.69) is 0 Å². The van der Waals surface area contributed by atoms with E-state index >= 15 is 0 Å². The van der Waals surface area contributed by atoms with Crippen LogP contribution in [0, 0.1) is 5.92 Å². The lowest BCUT2D eigenvalue weighted by Crippen LogP contribution is -2.41. The number of amides is 1. The van der Waals surface area contributed by atoms with Gasteiger partial charge in [0.1, 0.15) is 12.3 Å². The largest absolute Gasteiger partial charge is 0.497 e. The van der Waals surface area contributed by atoms with Gasteiger partial charge in [-0.15, -0.1) is 0 Å². The lowest BCUT2D eigenvalue weighted by Gasteiger charge is -2.24. The predicted octanol–water partition coefficient (Wildman–Crippen LogP) is 1.43. The second-order valence-electron chi connectivity index (χ2n) is 5.10. The number of methoxy groups -OCH3 is 2. The maximum atomic E-state index is 12.4. The van der Waals surface area contributed by atoms with Crippen LogP contribution in [0.3, 0.4) is 0 Å². The average Bonchev–Trinajstić information content (AvgIpc) is 2.51. The Morgan fingerprint density at radius 1 is 1.23 bits per heavy atom. The molecule has 0 spiro atoms. The summed E-state index contributed by atoms with van der Waals surface area (Å²) in [5.74, 6) is -0.753. The Labute approximate surface area is 130 Å².